The average Bonchev–Trinajstić information content (AvgIpc) is 2.15. The summed E-state index contributed by atoms with van der Waals surface area (Å²) in [6.07, 6.45) is 0. The molecule has 14 heavy (non-hydrogen) atoms. The minimum atomic E-state index is -0.534. The standard InChI is InChI=1S/C8H9ClN2O3/c1-10-7-4-5(14-2)3-6(9)8(7)11(12)13/h3-4,10H,1-2H3. The quantitative estimate of drug-likeness (QED) is 0.622. The third-order valence-electron chi connectivity index (χ3n) is 1.72. The van der Waals surface area contributed by atoms with Crippen LogP contribution in [0.15, 0.2) is 12.1 Å². The molecule has 0 fully saturated rings. The van der Waals surface area contributed by atoms with Gasteiger partial charge >= 0.3 is 5.69 Å². The van der Waals surface area contributed by atoms with Gasteiger partial charge in [0, 0.05) is 19.2 Å². The number of benzene rings is 1. The zero-order valence-electron chi connectivity index (χ0n) is 7.70. The van der Waals surface area contributed by atoms with Gasteiger partial charge in [-0.2, -0.15) is 0 Å². The smallest absolute Gasteiger partial charge is 0.311 e. The number of nitro benzene ring substituents is 1. The highest BCUT2D eigenvalue weighted by Gasteiger charge is 2.19. The molecule has 0 saturated heterocycles. The first kappa shape index (κ1) is 10.6. The van der Waals surface area contributed by atoms with Gasteiger partial charge in [0.05, 0.1) is 12.0 Å². The van der Waals surface area contributed by atoms with Crippen LogP contribution >= 0.6 is 11.6 Å². The first-order chi connectivity index (χ1) is 6.60. The van der Waals surface area contributed by atoms with E-state index in [9.17, 15) is 10.1 Å². The van der Waals surface area contributed by atoms with Crippen molar-refractivity contribution in [1.29, 1.82) is 0 Å². The molecule has 0 heterocycles. The molecule has 0 atom stereocenters. The maximum atomic E-state index is 10.6. The summed E-state index contributed by atoms with van der Waals surface area (Å²) in [6.45, 7) is 0. The highest BCUT2D eigenvalue weighted by atomic mass is 35.5. The number of methoxy groups -OCH3 is 1. The second kappa shape index (κ2) is 4.15. The number of rotatable bonds is 3. The average molecular weight is 217 g/mol. The van der Waals surface area contributed by atoms with E-state index in [0.29, 0.717) is 11.4 Å². The Morgan fingerprint density at radius 3 is 2.64 bits per heavy atom. The van der Waals surface area contributed by atoms with E-state index in [2.05, 4.69) is 5.32 Å². The number of halogens is 1. The van der Waals surface area contributed by atoms with E-state index in [1.165, 1.54) is 19.2 Å². The Morgan fingerprint density at radius 2 is 2.21 bits per heavy atom. The Hall–Kier alpha value is -1.49. The summed E-state index contributed by atoms with van der Waals surface area (Å²) in [6, 6.07) is 2.92. The Bertz CT molecular complexity index is 368. The molecule has 0 saturated carbocycles. The lowest BCUT2D eigenvalue weighted by atomic mass is 10.2. The van der Waals surface area contributed by atoms with Gasteiger partial charge in [-0.05, 0) is 0 Å². The fourth-order valence-corrected chi connectivity index (χ4v) is 1.35. The zero-order chi connectivity index (χ0) is 10.7. The van der Waals surface area contributed by atoms with E-state index in [1.54, 1.807) is 7.05 Å². The molecule has 0 aliphatic carbocycles. The summed E-state index contributed by atoms with van der Waals surface area (Å²) in [5.74, 6) is 0.477. The lowest BCUT2D eigenvalue weighted by Gasteiger charge is -2.06. The van der Waals surface area contributed by atoms with E-state index in [-0.39, 0.29) is 10.7 Å². The van der Waals surface area contributed by atoms with Crippen molar-refractivity contribution in [1.82, 2.24) is 0 Å². The first-order valence-electron chi connectivity index (χ1n) is 3.79. The van der Waals surface area contributed by atoms with Crippen molar-refractivity contribution < 1.29 is 9.66 Å². The molecule has 0 amide bonds. The SMILES string of the molecule is CNc1cc(OC)cc(Cl)c1[N+](=O)[O-]. The van der Waals surface area contributed by atoms with Crippen LogP contribution in [-0.2, 0) is 0 Å². The van der Waals surface area contributed by atoms with E-state index in [0.717, 1.165) is 0 Å². The maximum absolute atomic E-state index is 10.6. The Morgan fingerprint density at radius 1 is 1.57 bits per heavy atom. The highest BCUT2D eigenvalue weighted by Crippen LogP contribution is 2.36. The number of nitrogens with one attached hydrogen (secondary N) is 1. The molecule has 1 rings (SSSR count). The Labute approximate surface area is 85.8 Å². The van der Waals surface area contributed by atoms with E-state index < -0.39 is 4.92 Å². The van der Waals surface area contributed by atoms with Crippen molar-refractivity contribution in [2.75, 3.05) is 19.5 Å². The molecular formula is C8H9ClN2O3. The van der Waals surface area contributed by atoms with Gasteiger partial charge in [0.1, 0.15) is 16.5 Å². The number of nitrogens with zero attached hydrogens (tertiary/aromatic N) is 1. The maximum Gasteiger partial charge on any atom is 0.311 e. The lowest BCUT2D eigenvalue weighted by molar-refractivity contribution is -0.383. The molecule has 0 radical (unpaired) electrons. The second-order valence-corrected chi connectivity index (χ2v) is 2.92. The number of nitro groups is 1. The summed E-state index contributed by atoms with van der Waals surface area (Å²) in [5, 5.41) is 13.4. The summed E-state index contributed by atoms with van der Waals surface area (Å²) in [4.78, 5) is 10.1. The van der Waals surface area contributed by atoms with Gasteiger partial charge in [-0.15, -0.1) is 0 Å². The molecule has 0 aliphatic heterocycles. The molecule has 1 aromatic carbocycles. The largest absolute Gasteiger partial charge is 0.497 e. The van der Waals surface area contributed by atoms with Crippen molar-refractivity contribution in [2.45, 2.75) is 0 Å². The predicted octanol–water partition coefficient (Wildman–Crippen LogP) is 2.30. The van der Waals surface area contributed by atoms with Crippen molar-refractivity contribution in [3.05, 3.63) is 27.3 Å². The van der Waals surface area contributed by atoms with Gasteiger partial charge in [0.25, 0.3) is 0 Å². The van der Waals surface area contributed by atoms with Crippen LogP contribution in [0.25, 0.3) is 0 Å². The molecule has 5 nitrogen and oxygen atoms in total. The molecule has 1 aromatic rings. The normalized spacial score (nSPS) is 9.64. The lowest BCUT2D eigenvalue weighted by Crippen LogP contribution is -1.98. The van der Waals surface area contributed by atoms with Gasteiger partial charge in [0.2, 0.25) is 0 Å². The third kappa shape index (κ3) is 1.88. The van der Waals surface area contributed by atoms with E-state index in [4.69, 9.17) is 16.3 Å². The van der Waals surface area contributed by atoms with Crippen LogP contribution in [0.3, 0.4) is 0 Å². The van der Waals surface area contributed by atoms with Crippen molar-refractivity contribution in [3.8, 4) is 5.75 Å². The third-order valence-corrected chi connectivity index (χ3v) is 2.01. The first-order valence-corrected chi connectivity index (χ1v) is 4.17. The molecule has 0 bridgehead atoms. The van der Waals surface area contributed by atoms with Gasteiger partial charge in [0.15, 0.2) is 0 Å². The zero-order valence-corrected chi connectivity index (χ0v) is 8.46. The Kier molecular flexibility index (Phi) is 3.14. The highest BCUT2D eigenvalue weighted by molar-refractivity contribution is 6.33. The van der Waals surface area contributed by atoms with Crippen LogP contribution < -0.4 is 10.1 Å². The fourth-order valence-electron chi connectivity index (χ4n) is 1.07. The number of hydrogen-bond acceptors (Lipinski definition) is 4. The van der Waals surface area contributed by atoms with Gasteiger partial charge in [-0.25, -0.2) is 0 Å². The van der Waals surface area contributed by atoms with Crippen LogP contribution in [0.5, 0.6) is 5.75 Å². The molecular weight excluding hydrogens is 208 g/mol. The van der Waals surface area contributed by atoms with Crippen LogP contribution in [0.1, 0.15) is 0 Å². The molecule has 0 unspecified atom stereocenters. The summed E-state index contributed by atoms with van der Waals surface area (Å²) < 4.78 is 4.93. The van der Waals surface area contributed by atoms with E-state index in [1.807, 2.05) is 0 Å². The minimum Gasteiger partial charge on any atom is -0.497 e. The van der Waals surface area contributed by atoms with Crippen molar-refractivity contribution in [3.63, 3.8) is 0 Å². The summed E-state index contributed by atoms with van der Waals surface area (Å²) >= 11 is 5.73. The summed E-state index contributed by atoms with van der Waals surface area (Å²) in [7, 11) is 3.05. The van der Waals surface area contributed by atoms with Crippen LogP contribution in [0.2, 0.25) is 5.02 Å². The number of anilines is 1. The minimum absolute atomic E-state index is 0.0544. The van der Waals surface area contributed by atoms with Gasteiger partial charge in [-0.1, -0.05) is 11.6 Å². The number of hydrogen-bond donors (Lipinski definition) is 1. The molecule has 76 valence electrons. The molecule has 0 spiro atoms. The second-order valence-electron chi connectivity index (χ2n) is 2.51. The summed E-state index contributed by atoms with van der Waals surface area (Å²) in [5.41, 5.74) is 0.189. The van der Waals surface area contributed by atoms with Crippen LogP contribution in [0.4, 0.5) is 11.4 Å². The van der Waals surface area contributed by atoms with Gasteiger partial charge < -0.3 is 10.1 Å². The monoisotopic (exact) mass is 216 g/mol. The van der Waals surface area contributed by atoms with Crippen LogP contribution in [0, 0.1) is 10.1 Å². The fraction of sp³-hybridized carbons (Fsp3) is 0.250. The predicted molar refractivity (Wildman–Crippen MR) is 54.2 cm³/mol. The molecule has 1 N–H and O–H groups in total. The molecule has 0 aliphatic rings. The Balaban J connectivity index is 3.34. The van der Waals surface area contributed by atoms with Gasteiger partial charge in [-0.3, -0.25) is 10.1 Å². The number of ether oxygens (including phenoxy) is 1. The van der Waals surface area contributed by atoms with Crippen LogP contribution in [-0.4, -0.2) is 19.1 Å². The van der Waals surface area contributed by atoms with Crippen molar-refractivity contribution in [2.24, 2.45) is 0 Å². The molecule has 6 heteroatoms. The van der Waals surface area contributed by atoms with E-state index >= 15 is 0 Å². The molecule has 0 aromatic heterocycles. The van der Waals surface area contributed by atoms with Crippen molar-refractivity contribution >= 4 is 23.0 Å². The topological polar surface area (TPSA) is 64.4 Å².